The van der Waals surface area contributed by atoms with E-state index >= 15 is 0 Å². The quantitative estimate of drug-likeness (QED) is 0.713. The van der Waals surface area contributed by atoms with Gasteiger partial charge in [-0.1, -0.05) is 43.2 Å². The highest BCUT2D eigenvalue weighted by Gasteiger charge is 2.20. The largest absolute Gasteiger partial charge is 0.305 e. The van der Waals surface area contributed by atoms with E-state index in [2.05, 4.69) is 38.5 Å². The van der Waals surface area contributed by atoms with Crippen LogP contribution in [0.1, 0.15) is 37.8 Å². The predicted octanol–water partition coefficient (Wildman–Crippen LogP) is 3.85. The van der Waals surface area contributed by atoms with E-state index < -0.39 is 0 Å². The van der Waals surface area contributed by atoms with Crippen molar-refractivity contribution in [3.63, 3.8) is 0 Å². The molecule has 0 saturated heterocycles. The minimum Gasteiger partial charge on any atom is -0.305 e. The SMILES string of the molecule is CCCC(=N)C1=C(C)[CH]c2ccccc21. The molecule has 1 radical (unpaired) electrons. The van der Waals surface area contributed by atoms with Crippen LogP contribution in [0.2, 0.25) is 0 Å². The van der Waals surface area contributed by atoms with Crippen molar-refractivity contribution in [2.45, 2.75) is 26.7 Å². The standard InChI is InChI=1S/C14H16N/c1-3-6-13(15)14-10(2)9-11-7-4-5-8-12(11)14/h4-5,7-9,15H,3,6H2,1-2H3. The second kappa shape index (κ2) is 4.01. The summed E-state index contributed by atoms with van der Waals surface area (Å²) in [7, 11) is 0. The molecule has 0 spiro atoms. The van der Waals surface area contributed by atoms with Crippen LogP contribution >= 0.6 is 0 Å². The first-order valence-corrected chi connectivity index (χ1v) is 5.47. The highest BCUT2D eigenvalue weighted by molar-refractivity contribution is 6.25. The fourth-order valence-corrected chi connectivity index (χ4v) is 2.14. The van der Waals surface area contributed by atoms with Gasteiger partial charge in [0.25, 0.3) is 0 Å². The summed E-state index contributed by atoms with van der Waals surface area (Å²) in [5.74, 6) is 0. The third-order valence-electron chi connectivity index (χ3n) is 2.80. The van der Waals surface area contributed by atoms with Gasteiger partial charge in [0.2, 0.25) is 0 Å². The Labute approximate surface area is 91.3 Å². The van der Waals surface area contributed by atoms with Gasteiger partial charge in [0.05, 0.1) is 0 Å². The first kappa shape index (κ1) is 10.2. The Morgan fingerprint density at radius 1 is 1.27 bits per heavy atom. The number of rotatable bonds is 3. The zero-order chi connectivity index (χ0) is 10.8. The Bertz CT molecular complexity index is 427. The van der Waals surface area contributed by atoms with Crippen molar-refractivity contribution in [3.05, 3.63) is 47.4 Å². The molecule has 0 aliphatic heterocycles. The summed E-state index contributed by atoms with van der Waals surface area (Å²) in [6.07, 6.45) is 4.08. The van der Waals surface area contributed by atoms with Crippen molar-refractivity contribution < 1.29 is 0 Å². The second-order valence-electron chi connectivity index (χ2n) is 4.02. The van der Waals surface area contributed by atoms with E-state index in [0.29, 0.717) is 0 Å². The van der Waals surface area contributed by atoms with Gasteiger partial charge in [0.1, 0.15) is 0 Å². The number of benzene rings is 1. The summed E-state index contributed by atoms with van der Waals surface area (Å²) in [4.78, 5) is 0. The van der Waals surface area contributed by atoms with Crippen LogP contribution in [-0.2, 0) is 0 Å². The van der Waals surface area contributed by atoms with Gasteiger partial charge in [-0.05, 0) is 24.5 Å². The van der Waals surface area contributed by atoms with Crippen molar-refractivity contribution in [1.29, 1.82) is 5.41 Å². The maximum Gasteiger partial charge on any atom is 0.0391 e. The maximum absolute atomic E-state index is 8.07. The fourth-order valence-electron chi connectivity index (χ4n) is 2.14. The average molecular weight is 198 g/mol. The molecule has 0 bridgehead atoms. The lowest BCUT2D eigenvalue weighted by molar-refractivity contribution is 0.991. The molecule has 0 amide bonds. The molecule has 0 aromatic heterocycles. The first-order chi connectivity index (χ1) is 7.24. The van der Waals surface area contributed by atoms with Gasteiger partial charge in [0.15, 0.2) is 0 Å². The molecule has 1 aliphatic rings. The Kier molecular flexibility index (Phi) is 2.72. The van der Waals surface area contributed by atoms with E-state index in [9.17, 15) is 0 Å². The van der Waals surface area contributed by atoms with E-state index in [-0.39, 0.29) is 0 Å². The molecule has 1 aromatic carbocycles. The number of hydrogen-bond donors (Lipinski definition) is 1. The van der Waals surface area contributed by atoms with Gasteiger partial charge in [-0.2, -0.15) is 0 Å². The number of hydrogen-bond acceptors (Lipinski definition) is 1. The smallest absolute Gasteiger partial charge is 0.0391 e. The molecule has 1 aliphatic carbocycles. The molecular formula is C14H16N. The highest BCUT2D eigenvalue weighted by atomic mass is 14.4. The molecule has 15 heavy (non-hydrogen) atoms. The molecule has 0 atom stereocenters. The highest BCUT2D eigenvalue weighted by Crippen LogP contribution is 2.35. The predicted molar refractivity (Wildman–Crippen MR) is 65.1 cm³/mol. The van der Waals surface area contributed by atoms with Gasteiger partial charge in [0, 0.05) is 17.7 Å². The Hall–Kier alpha value is -1.37. The van der Waals surface area contributed by atoms with Crippen molar-refractivity contribution in [3.8, 4) is 0 Å². The number of nitrogens with one attached hydrogen (secondary N) is 1. The summed E-state index contributed by atoms with van der Waals surface area (Å²) in [5.41, 5.74) is 5.64. The van der Waals surface area contributed by atoms with E-state index in [1.165, 1.54) is 16.7 Å². The summed E-state index contributed by atoms with van der Waals surface area (Å²) >= 11 is 0. The van der Waals surface area contributed by atoms with E-state index in [1.807, 2.05) is 6.07 Å². The van der Waals surface area contributed by atoms with Gasteiger partial charge in [-0.3, -0.25) is 0 Å². The molecule has 0 unspecified atom stereocenters. The van der Waals surface area contributed by atoms with Crippen LogP contribution < -0.4 is 0 Å². The molecule has 2 rings (SSSR count). The third-order valence-corrected chi connectivity index (χ3v) is 2.80. The topological polar surface area (TPSA) is 23.9 Å². The van der Waals surface area contributed by atoms with Crippen LogP contribution in [0.4, 0.5) is 0 Å². The van der Waals surface area contributed by atoms with Crippen LogP contribution in [0.25, 0.3) is 5.57 Å². The monoisotopic (exact) mass is 198 g/mol. The molecular weight excluding hydrogens is 182 g/mol. The zero-order valence-corrected chi connectivity index (χ0v) is 9.30. The van der Waals surface area contributed by atoms with Crippen molar-refractivity contribution >= 4 is 11.3 Å². The molecule has 1 aromatic rings. The minimum absolute atomic E-state index is 0.774. The summed E-state index contributed by atoms with van der Waals surface area (Å²) in [6.45, 7) is 4.22. The van der Waals surface area contributed by atoms with Crippen LogP contribution in [0.5, 0.6) is 0 Å². The van der Waals surface area contributed by atoms with Crippen molar-refractivity contribution in [2.24, 2.45) is 0 Å². The lowest BCUT2D eigenvalue weighted by atomic mass is 9.98. The van der Waals surface area contributed by atoms with Gasteiger partial charge < -0.3 is 5.41 Å². The second-order valence-corrected chi connectivity index (χ2v) is 4.02. The Balaban J connectivity index is 2.40. The van der Waals surface area contributed by atoms with Crippen LogP contribution in [0.15, 0.2) is 29.8 Å². The van der Waals surface area contributed by atoms with Gasteiger partial charge in [-0.15, -0.1) is 0 Å². The van der Waals surface area contributed by atoms with Gasteiger partial charge >= 0.3 is 0 Å². The van der Waals surface area contributed by atoms with Crippen LogP contribution in [0.3, 0.4) is 0 Å². The fraction of sp³-hybridized carbons (Fsp3) is 0.286. The maximum atomic E-state index is 8.07. The summed E-state index contributed by atoms with van der Waals surface area (Å²) in [5, 5.41) is 8.07. The van der Waals surface area contributed by atoms with Crippen molar-refractivity contribution in [1.82, 2.24) is 0 Å². The first-order valence-electron chi connectivity index (χ1n) is 5.47. The number of allylic oxidation sites excluding steroid dienone is 2. The third kappa shape index (κ3) is 1.74. The molecule has 1 N–H and O–H groups in total. The Morgan fingerprint density at radius 2 is 2.00 bits per heavy atom. The van der Waals surface area contributed by atoms with E-state index in [4.69, 9.17) is 5.41 Å². The summed E-state index contributed by atoms with van der Waals surface area (Å²) in [6, 6.07) is 8.33. The zero-order valence-electron chi connectivity index (χ0n) is 9.30. The molecule has 0 saturated carbocycles. The van der Waals surface area contributed by atoms with E-state index in [0.717, 1.165) is 24.1 Å². The normalized spacial score (nSPS) is 14.3. The van der Waals surface area contributed by atoms with Crippen LogP contribution in [0, 0.1) is 11.8 Å². The van der Waals surface area contributed by atoms with Crippen molar-refractivity contribution in [2.75, 3.05) is 0 Å². The number of fused-ring (bicyclic) bond motifs is 1. The minimum atomic E-state index is 0.774. The lowest BCUT2D eigenvalue weighted by Gasteiger charge is -2.07. The molecule has 1 nitrogen and oxygen atoms in total. The summed E-state index contributed by atoms with van der Waals surface area (Å²) < 4.78 is 0. The molecule has 1 heteroatoms. The molecule has 0 heterocycles. The molecule has 77 valence electrons. The van der Waals surface area contributed by atoms with Gasteiger partial charge in [-0.25, -0.2) is 0 Å². The average Bonchev–Trinajstić information content (AvgIpc) is 2.54. The Morgan fingerprint density at radius 3 is 2.73 bits per heavy atom. The van der Waals surface area contributed by atoms with Crippen LogP contribution in [-0.4, -0.2) is 5.71 Å². The molecule has 0 fully saturated rings. The van der Waals surface area contributed by atoms with E-state index in [1.54, 1.807) is 0 Å². The lowest BCUT2D eigenvalue weighted by Crippen LogP contribution is -1.99.